The highest BCUT2D eigenvalue weighted by Gasteiger charge is 2.23. The van der Waals surface area contributed by atoms with Crippen LogP contribution in [0.2, 0.25) is 0 Å². The molecule has 2 aromatic rings. The van der Waals surface area contributed by atoms with Crippen molar-refractivity contribution in [2.24, 2.45) is 0 Å². The third-order valence-electron chi connectivity index (χ3n) is 4.13. The van der Waals surface area contributed by atoms with Gasteiger partial charge in [0.1, 0.15) is 5.69 Å². The smallest absolute Gasteiger partial charge is 0.270 e. The zero-order valence-electron chi connectivity index (χ0n) is 12.7. The number of fused-ring (bicyclic) bond motifs is 1. The van der Waals surface area contributed by atoms with E-state index in [1.54, 1.807) is 0 Å². The Morgan fingerprint density at radius 1 is 1.43 bits per heavy atom. The number of benzene rings is 1. The number of ether oxygens (including phenoxy) is 1. The molecule has 0 spiro atoms. The number of hydrogen-bond acceptors (Lipinski definition) is 2. The molecule has 1 fully saturated rings. The fourth-order valence-corrected chi connectivity index (χ4v) is 2.92. The number of H-pyrrole nitrogens is 1. The van der Waals surface area contributed by atoms with E-state index in [1.165, 1.54) is 5.56 Å². The van der Waals surface area contributed by atoms with Crippen molar-refractivity contribution in [3.8, 4) is 0 Å². The molecular weight excluding hydrogens is 264 g/mol. The van der Waals surface area contributed by atoms with Gasteiger partial charge in [0.05, 0.1) is 6.10 Å². The summed E-state index contributed by atoms with van der Waals surface area (Å²) in [6, 6.07) is 8.13. The summed E-state index contributed by atoms with van der Waals surface area (Å²) < 4.78 is 5.64. The summed E-state index contributed by atoms with van der Waals surface area (Å²) >= 11 is 0. The maximum Gasteiger partial charge on any atom is 0.270 e. The van der Waals surface area contributed by atoms with Gasteiger partial charge in [-0.2, -0.15) is 0 Å². The third kappa shape index (κ3) is 2.95. The molecule has 3 rings (SSSR count). The van der Waals surface area contributed by atoms with Crippen LogP contribution in [0.3, 0.4) is 0 Å². The van der Waals surface area contributed by atoms with Crippen LogP contribution < -0.4 is 0 Å². The van der Waals surface area contributed by atoms with Crippen LogP contribution in [0.4, 0.5) is 0 Å². The van der Waals surface area contributed by atoms with E-state index in [1.807, 2.05) is 24.0 Å². The van der Waals surface area contributed by atoms with Crippen LogP contribution in [-0.4, -0.2) is 41.6 Å². The lowest BCUT2D eigenvalue weighted by atomic mass is 10.2. The summed E-state index contributed by atoms with van der Waals surface area (Å²) in [4.78, 5) is 17.8. The molecule has 1 atom stereocenters. The maximum absolute atomic E-state index is 12.7. The van der Waals surface area contributed by atoms with Gasteiger partial charge in [-0.05, 0) is 44.4 Å². The Kier molecular flexibility index (Phi) is 3.97. The van der Waals surface area contributed by atoms with Crippen molar-refractivity contribution < 1.29 is 9.53 Å². The maximum atomic E-state index is 12.7. The lowest BCUT2D eigenvalue weighted by Gasteiger charge is -2.23. The topological polar surface area (TPSA) is 45.3 Å². The Balaban J connectivity index is 1.80. The molecule has 2 heterocycles. The molecular formula is C17H22N2O2. The van der Waals surface area contributed by atoms with Crippen LogP contribution >= 0.6 is 0 Å². The molecule has 0 aliphatic carbocycles. The van der Waals surface area contributed by atoms with Gasteiger partial charge in [-0.15, -0.1) is 0 Å². The van der Waals surface area contributed by atoms with E-state index in [2.05, 4.69) is 24.0 Å². The summed E-state index contributed by atoms with van der Waals surface area (Å²) in [5.41, 5.74) is 2.87. The van der Waals surface area contributed by atoms with E-state index in [0.29, 0.717) is 18.8 Å². The number of carbonyl (C=O) groups is 1. The summed E-state index contributed by atoms with van der Waals surface area (Å²) in [6.45, 7) is 6.27. The van der Waals surface area contributed by atoms with Crippen LogP contribution in [0.15, 0.2) is 24.3 Å². The second kappa shape index (κ2) is 5.90. The summed E-state index contributed by atoms with van der Waals surface area (Å²) in [7, 11) is 0. The van der Waals surface area contributed by atoms with Crippen LogP contribution in [0, 0.1) is 6.92 Å². The van der Waals surface area contributed by atoms with Gasteiger partial charge in [0, 0.05) is 30.6 Å². The summed E-state index contributed by atoms with van der Waals surface area (Å²) in [6.07, 6.45) is 2.35. The molecule has 4 heteroatoms. The Hall–Kier alpha value is -1.81. The molecule has 0 unspecified atom stereocenters. The summed E-state index contributed by atoms with van der Waals surface area (Å²) in [5, 5.41) is 1.08. The zero-order valence-corrected chi connectivity index (χ0v) is 12.7. The predicted molar refractivity (Wildman–Crippen MR) is 83.6 cm³/mol. The van der Waals surface area contributed by atoms with Gasteiger partial charge in [-0.1, -0.05) is 12.1 Å². The average Bonchev–Trinajstić information content (AvgIpc) is 3.12. The van der Waals surface area contributed by atoms with E-state index in [0.717, 1.165) is 30.4 Å². The first-order valence-electron chi connectivity index (χ1n) is 7.67. The van der Waals surface area contributed by atoms with Crippen LogP contribution in [-0.2, 0) is 4.74 Å². The number of aromatic amines is 1. The zero-order chi connectivity index (χ0) is 14.8. The highest BCUT2D eigenvalue weighted by Crippen LogP contribution is 2.19. The van der Waals surface area contributed by atoms with E-state index in [-0.39, 0.29) is 12.0 Å². The lowest BCUT2D eigenvalue weighted by molar-refractivity contribution is 0.0535. The Labute approximate surface area is 125 Å². The molecule has 1 aliphatic heterocycles. The number of carbonyl (C=O) groups excluding carboxylic acids is 1. The third-order valence-corrected chi connectivity index (χ3v) is 4.13. The van der Waals surface area contributed by atoms with Gasteiger partial charge >= 0.3 is 0 Å². The largest absolute Gasteiger partial charge is 0.376 e. The lowest BCUT2D eigenvalue weighted by Crippen LogP contribution is -2.37. The van der Waals surface area contributed by atoms with Crippen molar-refractivity contribution in [3.05, 3.63) is 35.5 Å². The van der Waals surface area contributed by atoms with Gasteiger partial charge in [0.15, 0.2) is 0 Å². The molecule has 0 saturated carbocycles. The fraction of sp³-hybridized carbons (Fsp3) is 0.471. The van der Waals surface area contributed by atoms with E-state index >= 15 is 0 Å². The van der Waals surface area contributed by atoms with Crippen molar-refractivity contribution >= 4 is 16.8 Å². The second-order valence-corrected chi connectivity index (χ2v) is 5.75. The molecule has 1 aliphatic rings. The first kappa shape index (κ1) is 14.1. The minimum absolute atomic E-state index is 0.0573. The molecule has 1 N–H and O–H groups in total. The minimum Gasteiger partial charge on any atom is -0.376 e. The van der Waals surface area contributed by atoms with Crippen molar-refractivity contribution in [1.29, 1.82) is 0 Å². The Morgan fingerprint density at radius 2 is 2.29 bits per heavy atom. The Morgan fingerprint density at radius 3 is 3.00 bits per heavy atom. The normalized spacial score (nSPS) is 18.3. The molecule has 1 aromatic heterocycles. The molecule has 0 bridgehead atoms. The number of aromatic nitrogens is 1. The van der Waals surface area contributed by atoms with Crippen molar-refractivity contribution in [1.82, 2.24) is 9.88 Å². The highest BCUT2D eigenvalue weighted by molar-refractivity contribution is 5.98. The number of rotatable bonds is 4. The molecule has 1 amide bonds. The van der Waals surface area contributed by atoms with Gasteiger partial charge in [-0.3, -0.25) is 4.79 Å². The molecule has 1 saturated heterocycles. The number of nitrogens with one attached hydrogen (secondary N) is 1. The number of amides is 1. The molecule has 4 nitrogen and oxygen atoms in total. The van der Waals surface area contributed by atoms with Crippen molar-refractivity contribution in [2.75, 3.05) is 19.7 Å². The van der Waals surface area contributed by atoms with Gasteiger partial charge in [0.25, 0.3) is 5.91 Å². The van der Waals surface area contributed by atoms with Gasteiger partial charge in [0.2, 0.25) is 0 Å². The molecule has 21 heavy (non-hydrogen) atoms. The SMILES string of the molecule is CCN(C[C@@H]1CCCO1)C(=O)c1cc2ccc(C)cc2[nH]1. The monoisotopic (exact) mass is 286 g/mol. The van der Waals surface area contributed by atoms with Crippen molar-refractivity contribution in [3.63, 3.8) is 0 Å². The van der Waals surface area contributed by atoms with E-state index in [4.69, 9.17) is 4.74 Å². The fourth-order valence-electron chi connectivity index (χ4n) is 2.92. The van der Waals surface area contributed by atoms with Gasteiger partial charge in [-0.25, -0.2) is 0 Å². The van der Waals surface area contributed by atoms with Crippen molar-refractivity contribution in [2.45, 2.75) is 32.8 Å². The van der Waals surface area contributed by atoms with E-state index < -0.39 is 0 Å². The first-order valence-corrected chi connectivity index (χ1v) is 7.67. The predicted octanol–water partition coefficient (Wildman–Crippen LogP) is 3.12. The van der Waals surface area contributed by atoms with Gasteiger partial charge < -0.3 is 14.6 Å². The van der Waals surface area contributed by atoms with E-state index in [9.17, 15) is 4.79 Å². The number of aryl methyl sites for hydroxylation is 1. The second-order valence-electron chi connectivity index (χ2n) is 5.75. The van der Waals surface area contributed by atoms with Crippen LogP contribution in [0.25, 0.3) is 10.9 Å². The minimum atomic E-state index is 0.0573. The molecule has 112 valence electrons. The average molecular weight is 286 g/mol. The highest BCUT2D eigenvalue weighted by atomic mass is 16.5. The molecule has 0 radical (unpaired) electrons. The summed E-state index contributed by atoms with van der Waals surface area (Å²) in [5.74, 6) is 0.0573. The quantitative estimate of drug-likeness (QED) is 0.938. The Bertz CT molecular complexity index is 641. The molecule has 1 aromatic carbocycles. The first-order chi connectivity index (χ1) is 10.2. The number of hydrogen-bond donors (Lipinski definition) is 1. The number of nitrogens with zero attached hydrogens (tertiary/aromatic N) is 1. The van der Waals surface area contributed by atoms with Crippen LogP contribution in [0.5, 0.6) is 0 Å². The number of likely N-dealkylation sites (N-methyl/N-ethyl adjacent to an activating group) is 1. The standard InChI is InChI=1S/C17H22N2O2/c1-3-19(11-14-5-4-8-21-14)17(20)16-10-13-7-6-12(2)9-15(13)18-16/h6-7,9-10,14,18H,3-5,8,11H2,1-2H3/t14-/m0/s1. The van der Waals surface area contributed by atoms with Crippen LogP contribution in [0.1, 0.15) is 35.8 Å².